The molecular formula is C14H31O2P. The van der Waals surface area contributed by atoms with Crippen LogP contribution in [-0.4, -0.2) is 17.2 Å². The van der Waals surface area contributed by atoms with Crippen molar-refractivity contribution in [2.45, 2.75) is 78.1 Å². The summed E-state index contributed by atoms with van der Waals surface area (Å²) in [4.78, 5) is 9.77. The van der Waals surface area contributed by atoms with E-state index in [1.54, 1.807) is 0 Å². The maximum atomic E-state index is 11.8. The van der Waals surface area contributed by atoms with E-state index in [1.165, 1.54) is 38.5 Å². The molecule has 0 aromatic carbocycles. The molecule has 0 aliphatic carbocycles. The van der Waals surface area contributed by atoms with E-state index in [-0.39, 0.29) is 0 Å². The fourth-order valence-electron chi connectivity index (χ4n) is 2.04. The minimum absolute atomic E-state index is 0.544. The Kier molecular flexibility index (Phi) is 11.4. The molecule has 2 nitrogen and oxygen atoms in total. The zero-order valence-corrected chi connectivity index (χ0v) is 12.7. The largest absolute Gasteiger partial charge is 0.344 e. The van der Waals surface area contributed by atoms with Gasteiger partial charge in [0, 0.05) is 12.3 Å². The fourth-order valence-corrected chi connectivity index (χ4v) is 3.70. The Labute approximate surface area is 108 Å². The van der Waals surface area contributed by atoms with Gasteiger partial charge in [-0.25, -0.2) is 0 Å². The third kappa shape index (κ3) is 12.4. The zero-order chi connectivity index (χ0) is 13.0. The average Bonchev–Trinajstić information content (AvgIpc) is 2.29. The third-order valence-electron chi connectivity index (χ3n) is 3.22. The topological polar surface area (TPSA) is 37.3 Å². The Morgan fingerprint density at radius 1 is 0.706 bits per heavy atom. The molecular weight excluding hydrogens is 231 g/mol. The quantitative estimate of drug-likeness (QED) is 0.388. The molecule has 0 heterocycles. The number of unbranched alkanes of at least 4 members (excludes halogenated alkanes) is 8. The van der Waals surface area contributed by atoms with Crippen LogP contribution in [0.4, 0.5) is 0 Å². The van der Waals surface area contributed by atoms with Crippen molar-refractivity contribution in [1.82, 2.24) is 0 Å². The Morgan fingerprint density at radius 3 is 1.53 bits per heavy atom. The lowest BCUT2D eigenvalue weighted by atomic mass is 10.1. The second kappa shape index (κ2) is 11.3. The highest BCUT2D eigenvalue weighted by molar-refractivity contribution is 7.57. The van der Waals surface area contributed by atoms with Gasteiger partial charge in [-0.1, -0.05) is 65.2 Å². The molecule has 1 unspecified atom stereocenters. The summed E-state index contributed by atoms with van der Waals surface area (Å²) < 4.78 is 11.8. The molecule has 0 spiro atoms. The smallest absolute Gasteiger partial charge is 0.200 e. The van der Waals surface area contributed by atoms with Crippen molar-refractivity contribution >= 4 is 7.37 Å². The van der Waals surface area contributed by atoms with Crippen molar-refractivity contribution in [2.75, 3.05) is 12.3 Å². The first kappa shape index (κ1) is 17.2. The summed E-state index contributed by atoms with van der Waals surface area (Å²) in [5.74, 6) is 0. The summed E-state index contributed by atoms with van der Waals surface area (Å²) >= 11 is 0. The molecule has 104 valence electrons. The first-order valence-electron chi connectivity index (χ1n) is 7.43. The fraction of sp³-hybridized carbons (Fsp3) is 1.00. The van der Waals surface area contributed by atoms with Crippen molar-refractivity contribution in [3.05, 3.63) is 0 Å². The van der Waals surface area contributed by atoms with Crippen molar-refractivity contribution in [1.29, 1.82) is 0 Å². The maximum Gasteiger partial charge on any atom is 0.200 e. The molecule has 0 fully saturated rings. The SMILES string of the molecule is CCCCCCCCP(=O)(O)CCCCCC. The summed E-state index contributed by atoms with van der Waals surface area (Å²) in [5, 5.41) is 0. The zero-order valence-electron chi connectivity index (χ0n) is 11.8. The van der Waals surface area contributed by atoms with Gasteiger partial charge in [0.05, 0.1) is 0 Å². The van der Waals surface area contributed by atoms with Crippen LogP contribution in [0.3, 0.4) is 0 Å². The van der Waals surface area contributed by atoms with Gasteiger partial charge in [0.2, 0.25) is 7.37 Å². The van der Waals surface area contributed by atoms with Gasteiger partial charge >= 0.3 is 0 Å². The average molecular weight is 262 g/mol. The Hall–Kier alpha value is 0.190. The molecule has 0 aliphatic heterocycles. The Balaban J connectivity index is 3.40. The lowest BCUT2D eigenvalue weighted by Gasteiger charge is -2.11. The van der Waals surface area contributed by atoms with Crippen LogP contribution in [-0.2, 0) is 4.57 Å². The van der Waals surface area contributed by atoms with Crippen LogP contribution < -0.4 is 0 Å². The summed E-state index contributed by atoms with van der Waals surface area (Å²) in [7, 11) is -2.79. The summed E-state index contributed by atoms with van der Waals surface area (Å²) in [6.45, 7) is 4.37. The van der Waals surface area contributed by atoms with Crippen molar-refractivity contribution in [2.24, 2.45) is 0 Å². The Morgan fingerprint density at radius 2 is 1.06 bits per heavy atom. The molecule has 0 aromatic rings. The molecule has 0 aromatic heterocycles. The van der Waals surface area contributed by atoms with Gasteiger partial charge < -0.3 is 4.89 Å². The molecule has 3 heteroatoms. The van der Waals surface area contributed by atoms with Crippen molar-refractivity contribution in [3.8, 4) is 0 Å². The van der Waals surface area contributed by atoms with Gasteiger partial charge in [-0.05, 0) is 12.8 Å². The number of hydrogen-bond acceptors (Lipinski definition) is 1. The van der Waals surface area contributed by atoms with E-state index in [0.29, 0.717) is 12.3 Å². The van der Waals surface area contributed by atoms with Crippen molar-refractivity contribution < 1.29 is 9.46 Å². The first-order valence-corrected chi connectivity index (χ1v) is 9.46. The van der Waals surface area contributed by atoms with E-state index in [9.17, 15) is 9.46 Å². The van der Waals surface area contributed by atoms with E-state index >= 15 is 0 Å². The maximum absolute atomic E-state index is 11.8. The van der Waals surface area contributed by atoms with Gasteiger partial charge in [0.15, 0.2) is 0 Å². The van der Waals surface area contributed by atoms with Crippen LogP contribution in [0.5, 0.6) is 0 Å². The molecule has 0 bridgehead atoms. The molecule has 0 saturated carbocycles. The first-order chi connectivity index (χ1) is 8.12. The van der Waals surface area contributed by atoms with Crippen LogP contribution in [0, 0.1) is 0 Å². The molecule has 1 N–H and O–H groups in total. The van der Waals surface area contributed by atoms with E-state index in [1.807, 2.05) is 0 Å². The van der Waals surface area contributed by atoms with Gasteiger partial charge in [0.1, 0.15) is 0 Å². The summed E-state index contributed by atoms with van der Waals surface area (Å²) in [6.07, 6.45) is 12.6. The van der Waals surface area contributed by atoms with Crippen LogP contribution in [0.1, 0.15) is 78.1 Å². The second-order valence-corrected chi connectivity index (χ2v) is 7.71. The van der Waals surface area contributed by atoms with Gasteiger partial charge in [-0.3, -0.25) is 4.57 Å². The van der Waals surface area contributed by atoms with E-state index in [0.717, 1.165) is 25.7 Å². The van der Waals surface area contributed by atoms with Crippen LogP contribution >= 0.6 is 7.37 Å². The molecule has 0 radical (unpaired) electrons. The molecule has 0 saturated heterocycles. The highest BCUT2D eigenvalue weighted by Gasteiger charge is 2.16. The van der Waals surface area contributed by atoms with E-state index in [2.05, 4.69) is 13.8 Å². The van der Waals surface area contributed by atoms with Crippen molar-refractivity contribution in [3.63, 3.8) is 0 Å². The lowest BCUT2D eigenvalue weighted by Crippen LogP contribution is -1.95. The molecule has 1 atom stereocenters. The number of hydrogen-bond donors (Lipinski definition) is 1. The second-order valence-electron chi connectivity index (χ2n) is 5.12. The van der Waals surface area contributed by atoms with Crippen LogP contribution in [0.25, 0.3) is 0 Å². The predicted octanol–water partition coefficient (Wildman–Crippen LogP) is 5.20. The lowest BCUT2D eigenvalue weighted by molar-refractivity contribution is 0.470. The third-order valence-corrected chi connectivity index (χ3v) is 5.25. The van der Waals surface area contributed by atoms with Crippen LogP contribution in [0.15, 0.2) is 0 Å². The molecule has 0 rings (SSSR count). The molecule has 0 aliphatic rings. The highest BCUT2D eigenvalue weighted by Crippen LogP contribution is 2.42. The van der Waals surface area contributed by atoms with E-state index < -0.39 is 7.37 Å². The predicted molar refractivity (Wildman–Crippen MR) is 77.1 cm³/mol. The molecule has 17 heavy (non-hydrogen) atoms. The standard InChI is InChI=1S/C14H31O2P/c1-3-5-7-9-10-12-14-17(15,16)13-11-8-6-4-2/h3-14H2,1-2H3,(H,15,16). The van der Waals surface area contributed by atoms with E-state index in [4.69, 9.17) is 0 Å². The minimum atomic E-state index is -2.79. The molecule has 0 amide bonds. The highest BCUT2D eigenvalue weighted by atomic mass is 31.2. The normalized spacial score (nSPS) is 14.8. The summed E-state index contributed by atoms with van der Waals surface area (Å²) in [6, 6.07) is 0. The van der Waals surface area contributed by atoms with Gasteiger partial charge in [-0.2, -0.15) is 0 Å². The van der Waals surface area contributed by atoms with Gasteiger partial charge in [0.25, 0.3) is 0 Å². The number of rotatable bonds is 12. The monoisotopic (exact) mass is 262 g/mol. The Bertz CT molecular complexity index is 204. The summed E-state index contributed by atoms with van der Waals surface area (Å²) in [5.41, 5.74) is 0. The van der Waals surface area contributed by atoms with Crippen LogP contribution in [0.2, 0.25) is 0 Å². The minimum Gasteiger partial charge on any atom is -0.344 e. The van der Waals surface area contributed by atoms with Gasteiger partial charge in [-0.15, -0.1) is 0 Å².